The number of phenolic OH excluding ortho intramolecular Hbond substituents is 1. The minimum atomic E-state index is -1.71. The summed E-state index contributed by atoms with van der Waals surface area (Å²) in [5.74, 6) is -0.446. The van der Waals surface area contributed by atoms with Gasteiger partial charge in [0.2, 0.25) is 0 Å². The number of hydroxylamine groups is 1. The topological polar surface area (TPSA) is 78.8 Å². The number of halogens is 1. The highest BCUT2D eigenvalue weighted by Crippen LogP contribution is 2.56. The fourth-order valence-electron chi connectivity index (χ4n) is 5.79. The third-order valence-electron chi connectivity index (χ3n) is 8.06. The van der Waals surface area contributed by atoms with Crippen molar-refractivity contribution in [3.05, 3.63) is 115 Å². The van der Waals surface area contributed by atoms with Crippen LogP contribution in [0.2, 0.25) is 0 Å². The molecule has 234 valence electrons. The first-order chi connectivity index (χ1) is 21.1. The van der Waals surface area contributed by atoms with E-state index in [2.05, 4.69) is 91.0 Å². The van der Waals surface area contributed by atoms with Gasteiger partial charge in [0.25, 0.3) is 5.91 Å². The molecular weight excluding hydrogens is 633 g/mol. The zero-order valence-corrected chi connectivity index (χ0v) is 27.9. The number of hydrogen-bond acceptors (Lipinski definition) is 4. The van der Waals surface area contributed by atoms with Crippen molar-refractivity contribution in [3.8, 4) is 11.5 Å². The molecule has 0 aromatic heterocycles. The van der Waals surface area contributed by atoms with Gasteiger partial charge in [-0.2, -0.15) is 0 Å². The zero-order valence-electron chi connectivity index (χ0n) is 25.4. The normalized spacial score (nSPS) is 11.0. The second-order valence-electron chi connectivity index (χ2n) is 11.0. The molecule has 0 saturated carbocycles. The van der Waals surface area contributed by atoms with E-state index in [1.54, 1.807) is 6.07 Å². The molecule has 0 heterocycles. The molecule has 1 amide bonds. The molecule has 3 N–H and O–H groups in total. The van der Waals surface area contributed by atoms with Crippen LogP contribution < -0.4 is 43.1 Å². The molecule has 0 fully saturated rings. The highest BCUT2D eigenvalue weighted by molar-refractivity contribution is 7.95. The van der Waals surface area contributed by atoms with Crippen molar-refractivity contribution in [2.45, 2.75) is 64.2 Å². The number of amides is 1. The maximum absolute atomic E-state index is 11.4. The van der Waals surface area contributed by atoms with E-state index in [4.69, 9.17) is 9.94 Å². The van der Waals surface area contributed by atoms with Crippen molar-refractivity contribution in [1.82, 2.24) is 5.48 Å². The second-order valence-corrected chi connectivity index (χ2v) is 14.7. The summed E-state index contributed by atoms with van der Waals surface area (Å²) < 4.78 is 5.69. The molecule has 5 nitrogen and oxygen atoms in total. The van der Waals surface area contributed by atoms with Crippen LogP contribution in [0.15, 0.2) is 109 Å². The maximum atomic E-state index is 11.4. The average molecular weight is 679 g/mol. The molecule has 4 aromatic carbocycles. The van der Waals surface area contributed by atoms with Crippen LogP contribution in [0.1, 0.15) is 74.6 Å². The Balaban J connectivity index is 0.00000529. The first-order valence-electron chi connectivity index (χ1n) is 15.6. The number of carbonyl (C=O) groups excluding carboxylic acids is 1. The summed E-state index contributed by atoms with van der Waals surface area (Å²) in [4.78, 5) is 11.4. The lowest BCUT2D eigenvalue weighted by Gasteiger charge is -2.27. The molecular formula is C37H45BrNO4P. The Morgan fingerprint density at radius 2 is 1.05 bits per heavy atom. The van der Waals surface area contributed by atoms with Gasteiger partial charge in [-0.3, -0.25) is 10.0 Å². The highest BCUT2D eigenvalue weighted by atomic mass is 79.9. The van der Waals surface area contributed by atoms with Crippen molar-refractivity contribution >= 4 is 29.1 Å². The van der Waals surface area contributed by atoms with Gasteiger partial charge in [0.1, 0.15) is 34.7 Å². The van der Waals surface area contributed by atoms with Crippen LogP contribution in [0.25, 0.3) is 0 Å². The summed E-state index contributed by atoms with van der Waals surface area (Å²) in [6, 6.07) is 38.0. The summed E-state index contributed by atoms with van der Waals surface area (Å²) in [6.45, 7) is 0.573. The van der Waals surface area contributed by atoms with Gasteiger partial charge in [0, 0.05) is 6.07 Å². The number of nitrogens with one attached hydrogen (secondary N) is 1. The Labute approximate surface area is 273 Å². The molecule has 0 aliphatic rings. The van der Waals surface area contributed by atoms with E-state index < -0.39 is 13.2 Å². The number of benzene rings is 4. The summed E-state index contributed by atoms with van der Waals surface area (Å²) in [7, 11) is -1.71. The predicted molar refractivity (Wildman–Crippen MR) is 179 cm³/mol. The maximum Gasteiger partial charge on any atom is 0.278 e. The summed E-state index contributed by atoms with van der Waals surface area (Å²) in [5.41, 5.74) is 1.53. The fourth-order valence-corrected chi connectivity index (χ4v) is 10.2. The fraction of sp³-hybridized carbons (Fsp3) is 0.324. The van der Waals surface area contributed by atoms with E-state index in [1.807, 2.05) is 0 Å². The molecule has 4 rings (SSSR count). The number of unbranched alkanes of at least 4 members (excludes halogenated alkanes) is 9. The van der Waals surface area contributed by atoms with Gasteiger partial charge in [-0.15, -0.1) is 0 Å². The third-order valence-corrected chi connectivity index (χ3v) is 12.6. The minimum Gasteiger partial charge on any atom is -1.00 e. The molecule has 4 aromatic rings. The highest BCUT2D eigenvalue weighted by Gasteiger charge is 2.44. The quantitative estimate of drug-likeness (QED) is 0.0613. The first-order valence-corrected chi connectivity index (χ1v) is 17.6. The van der Waals surface area contributed by atoms with Crippen molar-refractivity contribution in [3.63, 3.8) is 0 Å². The van der Waals surface area contributed by atoms with Crippen LogP contribution in [-0.2, 0) is 0 Å². The van der Waals surface area contributed by atoms with Gasteiger partial charge in [-0.05, 0) is 67.8 Å². The van der Waals surface area contributed by atoms with Crippen molar-refractivity contribution in [1.29, 1.82) is 0 Å². The number of carbonyl (C=O) groups is 1. The van der Waals surface area contributed by atoms with Gasteiger partial charge < -0.3 is 26.8 Å². The van der Waals surface area contributed by atoms with Crippen LogP contribution in [0.3, 0.4) is 0 Å². The lowest BCUT2D eigenvalue weighted by Crippen LogP contribution is -3.00. The van der Waals surface area contributed by atoms with Crippen LogP contribution in [0, 0.1) is 0 Å². The van der Waals surface area contributed by atoms with E-state index >= 15 is 0 Å². The smallest absolute Gasteiger partial charge is 0.278 e. The van der Waals surface area contributed by atoms with Gasteiger partial charge in [0.05, 0.1) is 18.3 Å². The lowest BCUT2D eigenvalue weighted by molar-refractivity contribution is -0.0000188. The first kappa shape index (κ1) is 35.3. The lowest BCUT2D eigenvalue weighted by atomic mass is 10.1. The summed E-state index contributed by atoms with van der Waals surface area (Å²) in [6.07, 6.45) is 13.4. The molecule has 0 atom stereocenters. The number of phenols is 1. The van der Waals surface area contributed by atoms with Gasteiger partial charge in [-0.1, -0.05) is 99.5 Å². The molecule has 0 unspecified atom stereocenters. The van der Waals surface area contributed by atoms with Gasteiger partial charge in [0.15, 0.2) is 0 Å². The Kier molecular flexibility index (Phi) is 15.5. The average Bonchev–Trinajstić information content (AvgIpc) is 3.06. The summed E-state index contributed by atoms with van der Waals surface area (Å²) >= 11 is 0. The Morgan fingerprint density at radius 3 is 1.48 bits per heavy atom. The number of ether oxygens (including phenoxy) is 1. The van der Waals surface area contributed by atoms with Crippen LogP contribution in [-0.4, -0.2) is 29.0 Å². The van der Waals surface area contributed by atoms with Crippen molar-refractivity contribution in [2.75, 3.05) is 12.8 Å². The standard InChI is InChI=1S/C37H44NO4P.BrH/c39-36-30-31(26-27-35(36)37(40)38-41)42-28-18-7-5-3-1-2-4-6-8-19-29-43(32-20-12-9-13-21-32,33-22-14-10-15-23-33)34-24-16-11-17-25-34;/h9-17,20-27,30H,1-8,18-19,28-29H2,(H2-,38,39,40,41);1H. The van der Waals surface area contributed by atoms with Crippen LogP contribution in [0.4, 0.5) is 0 Å². The number of hydrogen-bond donors (Lipinski definition) is 3. The Morgan fingerprint density at radius 1 is 0.614 bits per heavy atom. The Bertz CT molecular complexity index is 1280. The second kappa shape index (κ2) is 19.3. The molecule has 0 saturated heterocycles. The third kappa shape index (κ3) is 9.92. The van der Waals surface area contributed by atoms with Crippen molar-refractivity contribution < 1.29 is 36.8 Å². The monoisotopic (exact) mass is 677 g/mol. The molecule has 0 radical (unpaired) electrons. The number of aromatic hydroxyl groups is 1. The van der Waals surface area contributed by atoms with E-state index in [-0.39, 0.29) is 28.3 Å². The van der Waals surface area contributed by atoms with E-state index in [1.165, 1.54) is 91.1 Å². The molecule has 0 spiro atoms. The molecule has 0 aliphatic heterocycles. The Hall–Kier alpha value is -3.18. The zero-order chi connectivity index (χ0) is 30.2. The SMILES string of the molecule is O=C(NO)c1ccc(OCCCCCCCCCCCC[P+](c2ccccc2)(c2ccccc2)c2ccccc2)cc1O.[Br-]. The van der Waals surface area contributed by atoms with E-state index in [9.17, 15) is 9.90 Å². The molecule has 7 heteroatoms. The molecule has 44 heavy (non-hydrogen) atoms. The predicted octanol–water partition coefficient (Wildman–Crippen LogP) is 4.79. The summed E-state index contributed by atoms with van der Waals surface area (Å²) in [5, 5.41) is 23.0. The van der Waals surface area contributed by atoms with E-state index in [0.717, 1.165) is 12.8 Å². The largest absolute Gasteiger partial charge is 1.00 e. The number of rotatable bonds is 18. The molecule has 0 bridgehead atoms. The van der Waals surface area contributed by atoms with Crippen LogP contribution in [0.5, 0.6) is 11.5 Å². The van der Waals surface area contributed by atoms with Gasteiger partial charge in [-0.25, -0.2) is 5.48 Å². The van der Waals surface area contributed by atoms with E-state index in [0.29, 0.717) is 12.4 Å². The molecule has 0 aliphatic carbocycles. The van der Waals surface area contributed by atoms with Gasteiger partial charge >= 0.3 is 0 Å². The van der Waals surface area contributed by atoms with Crippen LogP contribution >= 0.6 is 7.26 Å². The van der Waals surface area contributed by atoms with Crippen molar-refractivity contribution in [2.24, 2.45) is 0 Å². The minimum absolute atomic E-state index is 0.